The van der Waals surface area contributed by atoms with E-state index in [2.05, 4.69) is 9.97 Å². The molecule has 4 heterocycles. The summed E-state index contributed by atoms with van der Waals surface area (Å²) in [5.41, 5.74) is 4.14. The summed E-state index contributed by atoms with van der Waals surface area (Å²) < 4.78 is 23.7. The molecule has 0 unspecified atom stereocenters. The zero-order valence-corrected chi connectivity index (χ0v) is 20.5. The van der Waals surface area contributed by atoms with Crippen LogP contribution in [-0.4, -0.2) is 30.5 Å². The first kappa shape index (κ1) is 23.4. The number of aromatic nitrogens is 5. The highest BCUT2D eigenvalue weighted by Crippen LogP contribution is 2.34. The van der Waals surface area contributed by atoms with Gasteiger partial charge in [-0.2, -0.15) is 0 Å². The maximum Gasteiger partial charge on any atom is 0.217 e. The molecule has 188 valence electrons. The molecule has 0 N–H and O–H groups in total. The topological polar surface area (TPSA) is 82.0 Å². The Morgan fingerprint density at radius 2 is 1.92 bits per heavy atom. The monoisotopic (exact) mass is 506 g/mol. The van der Waals surface area contributed by atoms with Crippen molar-refractivity contribution < 1.29 is 13.6 Å². The van der Waals surface area contributed by atoms with Crippen LogP contribution in [0.4, 0.5) is 10.3 Å². The number of hydrogen-bond donors (Lipinski definition) is 0. The fourth-order valence-electron chi connectivity index (χ4n) is 4.66. The van der Waals surface area contributed by atoms with Crippen LogP contribution in [0.2, 0.25) is 0 Å². The zero-order valence-electron chi connectivity index (χ0n) is 20.5. The van der Waals surface area contributed by atoms with Crippen LogP contribution in [0, 0.1) is 5.82 Å². The lowest BCUT2D eigenvalue weighted by Gasteiger charge is -2.26. The second kappa shape index (κ2) is 9.78. The molecule has 2 aromatic carbocycles. The number of hydrogen-bond acceptors (Lipinski definition) is 5. The number of pyridine rings is 1. The summed E-state index contributed by atoms with van der Waals surface area (Å²) in [6, 6.07) is 19.1. The van der Waals surface area contributed by atoms with Gasteiger partial charge in [-0.05, 0) is 48.0 Å². The molecule has 6 aromatic rings. The lowest BCUT2D eigenvalue weighted by Crippen LogP contribution is -2.31. The molecule has 0 spiro atoms. The van der Waals surface area contributed by atoms with Crippen LogP contribution in [-0.2, 0) is 18.3 Å². The lowest BCUT2D eigenvalue weighted by molar-refractivity contribution is -0.108. The van der Waals surface area contributed by atoms with Gasteiger partial charge in [0.15, 0.2) is 0 Å². The van der Waals surface area contributed by atoms with Crippen molar-refractivity contribution in [2.45, 2.75) is 12.5 Å². The van der Waals surface area contributed by atoms with Gasteiger partial charge < -0.3 is 13.6 Å². The Balaban J connectivity index is 1.40. The number of imidazole rings is 2. The summed E-state index contributed by atoms with van der Waals surface area (Å²) in [4.78, 5) is 27.3. The molecule has 1 atom stereocenters. The molecule has 6 rings (SSSR count). The van der Waals surface area contributed by atoms with Gasteiger partial charge in [0.25, 0.3) is 0 Å². The number of halogens is 1. The minimum atomic E-state index is -0.531. The number of carbonyl (C=O) groups excluding carboxylic acids is 1. The van der Waals surface area contributed by atoms with Gasteiger partial charge >= 0.3 is 0 Å². The van der Waals surface area contributed by atoms with Gasteiger partial charge in [-0.15, -0.1) is 0 Å². The minimum Gasteiger partial charge on any atom is -0.440 e. The maximum atomic E-state index is 13.8. The smallest absolute Gasteiger partial charge is 0.217 e. The van der Waals surface area contributed by atoms with E-state index in [-0.39, 0.29) is 5.82 Å². The molecular weight excluding hydrogens is 483 g/mol. The summed E-state index contributed by atoms with van der Waals surface area (Å²) in [6.45, 7) is 0. The van der Waals surface area contributed by atoms with Gasteiger partial charge in [0.2, 0.25) is 12.3 Å². The highest BCUT2D eigenvalue weighted by molar-refractivity contribution is 5.85. The molecule has 0 bridgehead atoms. The first-order valence-electron chi connectivity index (χ1n) is 12.0. The molecule has 1 amide bonds. The van der Waals surface area contributed by atoms with Gasteiger partial charge in [-0.1, -0.05) is 18.2 Å². The van der Waals surface area contributed by atoms with Crippen LogP contribution in [0.15, 0.2) is 102 Å². The van der Waals surface area contributed by atoms with Crippen molar-refractivity contribution in [1.82, 2.24) is 24.1 Å². The Hall–Kier alpha value is -5.05. The molecule has 9 heteroatoms. The number of benzene rings is 2. The summed E-state index contributed by atoms with van der Waals surface area (Å²) >= 11 is 0. The molecule has 0 fully saturated rings. The number of carbonyl (C=O) groups is 1. The largest absolute Gasteiger partial charge is 0.440 e. The zero-order chi connectivity index (χ0) is 26.1. The summed E-state index contributed by atoms with van der Waals surface area (Å²) in [5.74, 6) is 0.583. The van der Waals surface area contributed by atoms with Crippen molar-refractivity contribution in [3.8, 4) is 16.9 Å². The number of anilines is 1. The lowest BCUT2D eigenvalue weighted by atomic mass is 10.1. The van der Waals surface area contributed by atoms with E-state index in [1.807, 2.05) is 64.8 Å². The second-order valence-electron chi connectivity index (χ2n) is 8.90. The number of fused-ring (bicyclic) bond motifs is 1. The van der Waals surface area contributed by atoms with Crippen LogP contribution < -0.4 is 4.90 Å². The quantitative estimate of drug-likeness (QED) is 0.255. The van der Waals surface area contributed by atoms with E-state index in [0.29, 0.717) is 29.1 Å². The molecule has 0 radical (unpaired) electrons. The standard InChI is InChI=1S/C29H23FN6O2/c1-34-26(20-5-8-24(9-6-20)35-13-12-31-18-35)17-33-29(34)25(16-23-4-2-3-11-32-23)36(19-37)28-15-21-14-22(30)7-10-27(21)38-28/h2-15,17-19,25H,16H2,1H3/t25-/m0/s1. The molecule has 0 aliphatic carbocycles. The maximum absolute atomic E-state index is 13.8. The van der Waals surface area contributed by atoms with Gasteiger partial charge in [-0.25, -0.2) is 14.4 Å². The normalized spacial score (nSPS) is 12.1. The second-order valence-corrected chi connectivity index (χ2v) is 8.90. The van der Waals surface area contributed by atoms with Crippen molar-refractivity contribution in [2.75, 3.05) is 4.90 Å². The Morgan fingerprint density at radius 3 is 2.66 bits per heavy atom. The third kappa shape index (κ3) is 4.34. The molecule has 8 nitrogen and oxygen atoms in total. The molecule has 38 heavy (non-hydrogen) atoms. The van der Waals surface area contributed by atoms with E-state index in [0.717, 1.165) is 29.0 Å². The van der Waals surface area contributed by atoms with E-state index < -0.39 is 6.04 Å². The highest BCUT2D eigenvalue weighted by atomic mass is 19.1. The van der Waals surface area contributed by atoms with Crippen molar-refractivity contribution in [3.63, 3.8) is 0 Å². The predicted octanol–water partition coefficient (Wildman–Crippen LogP) is 5.50. The minimum absolute atomic E-state index is 0.302. The van der Waals surface area contributed by atoms with Crippen molar-refractivity contribution in [3.05, 3.63) is 115 Å². The van der Waals surface area contributed by atoms with Gasteiger partial charge in [0.1, 0.15) is 23.3 Å². The molecule has 0 saturated carbocycles. The van der Waals surface area contributed by atoms with Crippen LogP contribution in [0.3, 0.4) is 0 Å². The Bertz CT molecular complexity index is 1690. The van der Waals surface area contributed by atoms with Gasteiger partial charge in [0, 0.05) is 54.9 Å². The van der Waals surface area contributed by atoms with Crippen molar-refractivity contribution in [1.29, 1.82) is 0 Å². The number of rotatable bonds is 8. The average molecular weight is 507 g/mol. The number of furan rings is 1. The predicted molar refractivity (Wildman–Crippen MR) is 141 cm³/mol. The third-order valence-corrected chi connectivity index (χ3v) is 6.59. The first-order chi connectivity index (χ1) is 18.6. The fourth-order valence-corrected chi connectivity index (χ4v) is 4.66. The summed E-state index contributed by atoms with van der Waals surface area (Å²) in [5, 5.41) is 0.571. The molecule has 0 aliphatic heterocycles. The van der Waals surface area contributed by atoms with Crippen molar-refractivity contribution >= 4 is 23.3 Å². The summed E-state index contributed by atoms with van der Waals surface area (Å²) in [6.07, 6.45) is 10.0. The van der Waals surface area contributed by atoms with E-state index >= 15 is 0 Å². The van der Waals surface area contributed by atoms with E-state index in [1.165, 1.54) is 17.0 Å². The highest BCUT2D eigenvalue weighted by Gasteiger charge is 2.29. The average Bonchev–Trinajstić information content (AvgIpc) is 3.69. The van der Waals surface area contributed by atoms with E-state index in [1.54, 1.807) is 37.1 Å². The number of amides is 1. The molecule has 0 saturated heterocycles. The first-order valence-corrected chi connectivity index (χ1v) is 12.0. The molecular formula is C29H23FN6O2. The fraction of sp³-hybridized carbons (Fsp3) is 0.103. The molecule has 0 aliphatic rings. The number of nitrogens with zero attached hydrogens (tertiary/aromatic N) is 6. The van der Waals surface area contributed by atoms with Crippen molar-refractivity contribution in [2.24, 2.45) is 7.05 Å². The molecule has 4 aromatic heterocycles. The van der Waals surface area contributed by atoms with Gasteiger partial charge in [0.05, 0.1) is 18.2 Å². The Labute approximate surface area is 217 Å². The van der Waals surface area contributed by atoms with E-state index in [9.17, 15) is 9.18 Å². The Kier molecular flexibility index (Phi) is 6.01. The van der Waals surface area contributed by atoms with Crippen LogP contribution in [0.1, 0.15) is 17.6 Å². The third-order valence-electron chi connectivity index (χ3n) is 6.59. The van der Waals surface area contributed by atoms with Crippen LogP contribution in [0.5, 0.6) is 0 Å². The van der Waals surface area contributed by atoms with Gasteiger partial charge in [-0.3, -0.25) is 14.7 Å². The van der Waals surface area contributed by atoms with Crippen LogP contribution >= 0.6 is 0 Å². The van der Waals surface area contributed by atoms with E-state index in [4.69, 9.17) is 9.40 Å². The van der Waals surface area contributed by atoms with Crippen LogP contribution in [0.25, 0.3) is 27.9 Å². The summed E-state index contributed by atoms with van der Waals surface area (Å²) in [7, 11) is 1.92. The SMILES string of the molecule is Cn1c(-c2ccc(-n3ccnc3)cc2)cnc1[C@H](Cc1ccccn1)N(C=O)c1cc2cc(F)ccc2o1. The Morgan fingerprint density at radius 1 is 1.05 bits per heavy atom.